The average molecular weight is 893 g/mol. The smallest absolute Gasteiger partial charge is 0.268 e. The third-order valence-corrected chi connectivity index (χ3v) is 12.5. The first-order valence-corrected chi connectivity index (χ1v) is 27.4. The summed E-state index contributed by atoms with van der Waals surface area (Å²) in [4.78, 5) is 25.4. The SMILES string of the molecule is CC/C=C\C/C=C\C/C=C\C/C=C\CCCCC(=O)NC(COP(=O)([O-])OCC[N+](C)(C)C)C(O)CCCCCCCCCCCCCCCCCCCCCCCCCCC. The van der Waals surface area contributed by atoms with E-state index in [9.17, 15) is 19.4 Å². The zero-order chi connectivity index (χ0) is 45.7. The first kappa shape index (κ1) is 60.5. The maximum Gasteiger partial charge on any atom is 0.268 e. The molecule has 0 aromatic rings. The van der Waals surface area contributed by atoms with Crippen molar-refractivity contribution in [1.82, 2.24) is 5.32 Å². The highest BCUT2D eigenvalue weighted by Gasteiger charge is 2.24. The minimum Gasteiger partial charge on any atom is -0.756 e. The molecule has 0 aliphatic carbocycles. The number of aliphatic hydroxyl groups is 1. The van der Waals surface area contributed by atoms with Crippen LogP contribution in [0.3, 0.4) is 0 Å². The number of phosphoric ester groups is 1. The van der Waals surface area contributed by atoms with Crippen LogP contribution in [0.4, 0.5) is 0 Å². The molecular weight excluding hydrogens is 792 g/mol. The number of allylic oxidation sites excluding steroid dienone is 8. The van der Waals surface area contributed by atoms with E-state index < -0.39 is 20.0 Å². The summed E-state index contributed by atoms with van der Waals surface area (Å²) in [5.41, 5.74) is 0. The van der Waals surface area contributed by atoms with Gasteiger partial charge in [-0.05, 0) is 51.4 Å². The van der Waals surface area contributed by atoms with Crippen LogP contribution in [0, 0.1) is 0 Å². The predicted octanol–water partition coefficient (Wildman–Crippen LogP) is 14.6. The van der Waals surface area contributed by atoms with E-state index >= 15 is 0 Å². The highest BCUT2D eigenvalue weighted by Crippen LogP contribution is 2.38. The molecular formula is C53H101N2O6P. The van der Waals surface area contributed by atoms with Crippen molar-refractivity contribution in [1.29, 1.82) is 0 Å². The summed E-state index contributed by atoms with van der Waals surface area (Å²) in [5.74, 6) is -0.204. The van der Waals surface area contributed by atoms with E-state index in [1.807, 2.05) is 21.1 Å². The molecule has 3 atom stereocenters. The molecule has 3 unspecified atom stereocenters. The number of rotatable bonds is 47. The van der Waals surface area contributed by atoms with Gasteiger partial charge in [0.1, 0.15) is 13.2 Å². The van der Waals surface area contributed by atoms with Crippen molar-refractivity contribution in [3.63, 3.8) is 0 Å². The summed E-state index contributed by atoms with van der Waals surface area (Å²) >= 11 is 0. The van der Waals surface area contributed by atoms with Gasteiger partial charge < -0.3 is 28.8 Å². The Morgan fingerprint density at radius 2 is 0.984 bits per heavy atom. The molecule has 1 amide bonds. The maximum absolute atomic E-state index is 12.9. The molecule has 0 saturated carbocycles. The second kappa shape index (κ2) is 44.7. The fraction of sp³-hybridized carbons (Fsp3) is 0.830. The lowest BCUT2D eigenvalue weighted by atomic mass is 10.0. The number of aliphatic hydroxyl groups excluding tert-OH is 1. The second-order valence-corrected chi connectivity index (χ2v) is 20.3. The Labute approximate surface area is 384 Å². The van der Waals surface area contributed by atoms with Crippen LogP contribution in [0.15, 0.2) is 48.6 Å². The summed E-state index contributed by atoms with van der Waals surface area (Å²) in [6.45, 7) is 4.59. The molecule has 0 radical (unpaired) electrons. The number of carbonyl (C=O) groups is 1. The second-order valence-electron chi connectivity index (χ2n) is 18.9. The van der Waals surface area contributed by atoms with Crippen molar-refractivity contribution < 1.29 is 32.9 Å². The van der Waals surface area contributed by atoms with E-state index in [1.165, 1.54) is 141 Å². The Morgan fingerprint density at radius 3 is 1.40 bits per heavy atom. The van der Waals surface area contributed by atoms with Crippen LogP contribution in [-0.4, -0.2) is 68.5 Å². The topological polar surface area (TPSA) is 108 Å². The lowest BCUT2D eigenvalue weighted by Gasteiger charge is -2.30. The molecule has 0 rings (SSSR count). The van der Waals surface area contributed by atoms with Crippen LogP contribution < -0.4 is 10.2 Å². The summed E-state index contributed by atoms with van der Waals surface area (Å²) in [7, 11) is 1.28. The van der Waals surface area contributed by atoms with Gasteiger partial charge in [-0.3, -0.25) is 9.36 Å². The predicted molar refractivity (Wildman–Crippen MR) is 265 cm³/mol. The largest absolute Gasteiger partial charge is 0.756 e. The van der Waals surface area contributed by atoms with Gasteiger partial charge in [-0.2, -0.15) is 0 Å². The summed E-state index contributed by atoms with van der Waals surface area (Å²) < 4.78 is 23.3. The van der Waals surface area contributed by atoms with E-state index in [0.29, 0.717) is 30.3 Å². The number of phosphoric acid groups is 1. The Kier molecular flexibility index (Phi) is 43.5. The minimum atomic E-state index is -4.58. The Hall–Kier alpha value is -1.54. The lowest BCUT2D eigenvalue weighted by molar-refractivity contribution is -0.870. The van der Waals surface area contributed by atoms with Gasteiger partial charge in [0.05, 0.1) is 39.9 Å². The number of hydrogen-bond donors (Lipinski definition) is 2. The third-order valence-electron chi connectivity index (χ3n) is 11.6. The molecule has 0 aromatic carbocycles. The molecule has 364 valence electrons. The number of unbranched alkanes of at least 4 members (excludes halogenated alkanes) is 26. The van der Waals surface area contributed by atoms with Gasteiger partial charge in [-0.1, -0.05) is 223 Å². The maximum atomic E-state index is 12.9. The highest BCUT2D eigenvalue weighted by molar-refractivity contribution is 7.45. The van der Waals surface area contributed by atoms with Crippen LogP contribution >= 0.6 is 7.82 Å². The molecule has 0 heterocycles. The van der Waals surface area contributed by atoms with Gasteiger partial charge in [-0.25, -0.2) is 0 Å². The Morgan fingerprint density at radius 1 is 0.581 bits per heavy atom. The molecule has 9 heteroatoms. The molecule has 62 heavy (non-hydrogen) atoms. The van der Waals surface area contributed by atoms with Gasteiger partial charge in [0.25, 0.3) is 7.82 Å². The van der Waals surface area contributed by atoms with Gasteiger partial charge in [0.2, 0.25) is 5.91 Å². The first-order valence-electron chi connectivity index (χ1n) is 26.0. The van der Waals surface area contributed by atoms with Crippen LogP contribution in [-0.2, 0) is 18.4 Å². The van der Waals surface area contributed by atoms with Crippen molar-refractivity contribution in [3.8, 4) is 0 Å². The third kappa shape index (κ3) is 46.5. The Balaban J connectivity index is 4.22. The number of likely N-dealkylation sites (N-methyl/N-ethyl adjacent to an activating group) is 1. The fourth-order valence-electron chi connectivity index (χ4n) is 7.50. The standard InChI is InChI=1S/C53H101N2O6P/c1-6-8-10-12-14-16-18-20-22-23-24-25-26-27-28-29-30-31-33-34-36-38-40-42-44-46-52(56)51(50-61-62(58,59)60-49-48-55(3,4)5)54-53(57)47-45-43-41-39-37-35-32-21-19-17-15-13-11-9-7-2/h9,11,15,17,21,32,37,39,51-52,56H,6-8,10,12-14,16,18-20,22-31,33-36,38,40-50H2,1-5H3,(H-,54,57,58,59)/b11-9-,17-15-,32-21-,39-37-. The molecule has 0 saturated heterocycles. The van der Waals surface area contributed by atoms with E-state index in [4.69, 9.17) is 9.05 Å². The number of carbonyl (C=O) groups excluding carboxylic acids is 1. The van der Waals surface area contributed by atoms with Crippen molar-refractivity contribution >= 4 is 13.7 Å². The number of hydrogen-bond acceptors (Lipinski definition) is 6. The van der Waals surface area contributed by atoms with Gasteiger partial charge >= 0.3 is 0 Å². The van der Waals surface area contributed by atoms with Gasteiger partial charge in [0.15, 0.2) is 0 Å². The molecule has 0 aliphatic heterocycles. The van der Waals surface area contributed by atoms with E-state index in [-0.39, 0.29) is 19.1 Å². The number of amides is 1. The van der Waals surface area contributed by atoms with E-state index in [2.05, 4.69) is 67.8 Å². The average Bonchev–Trinajstić information content (AvgIpc) is 3.23. The molecule has 0 bridgehead atoms. The molecule has 0 aromatic heterocycles. The first-order chi connectivity index (χ1) is 30.0. The van der Waals surface area contributed by atoms with E-state index in [1.54, 1.807) is 0 Å². The molecule has 2 N–H and O–H groups in total. The minimum absolute atomic E-state index is 0.00268. The monoisotopic (exact) mass is 893 g/mol. The summed E-state index contributed by atoms with van der Waals surface area (Å²) in [6.07, 6.45) is 57.1. The number of nitrogens with one attached hydrogen (secondary N) is 1. The Bertz CT molecular complexity index is 1150. The van der Waals surface area contributed by atoms with Crippen LogP contribution in [0.2, 0.25) is 0 Å². The zero-order valence-electron chi connectivity index (χ0n) is 41.3. The highest BCUT2D eigenvalue weighted by atomic mass is 31.2. The van der Waals surface area contributed by atoms with Crippen molar-refractivity contribution in [3.05, 3.63) is 48.6 Å². The van der Waals surface area contributed by atoms with E-state index in [0.717, 1.165) is 57.8 Å². The van der Waals surface area contributed by atoms with Gasteiger partial charge in [0, 0.05) is 6.42 Å². The molecule has 0 aliphatic rings. The fourth-order valence-corrected chi connectivity index (χ4v) is 8.23. The number of quaternary nitrogens is 1. The zero-order valence-corrected chi connectivity index (χ0v) is 42.2. The van der Waals surface area contributed by atoms with Crippen LogP contribution in [0.1, 0.15) is 232 Å². The molecule has 8 nitrogen and oxygen atoms in total. The van der Waals surface area contributed by atoms with Crippen LogP contribution in [0.5, 0.6) is 0 Å². The van der Waals surface area contributed by atoms with Gasteiger partial charge in [-0.15, -0.1) is 0 Å². The van der Waals surface area contributed by atoms with Crippen molar-refractivity contribution in [2.24, 2.45) is 0 Å². The van der Waals surface area contributed by atoms with Crippen molar-refractivity contribution in [2.75, 3.05) is 40.9 Å². The normalized spacial score (nSPS) is 14.5. The molecule has 0 spiro atoms. The van der Waals surface area contributed by atoms with Crippen molar-refractivity contribution in [2.45, 2.75) is 244 Å². The lowest BCUT2D eigenvalue weighted by Crippen LogP contribution is -2.46. The summed E-state index contributed by atoms with van der Waals surface area (Å²) in [6, 6.07) is -0.824. The number of nitrogens with zero attached hydrogens (tertiary/aromatic N) is 1. The summed E-state index contributed by atoms with van der Waals surface area (Å²) in [5, 5.41) is 13.9. The van der Waals surface area contributed by atoms with Crippen LogP contribution in [0.25, 0.3) is 0 Å². The molecule has 0 fully saturated rings. The quantitative estimate of drug-likeness (QED) is 0.0273.